The van der Waals surface area contributed by atoms with Crippen molar-refractivity contribution in [2.45, 2.75) is 41.0 Å². The van der Waals surface area contributed by atoms with E-state index in [1.54, 1.807) is 6.07 Å². The van der Waals surface area contributed by atoms with E-state index < -0.39 is 0 Å². The van der Waals surface area contributed by atoms with Crippen LogP contribution in [0.3, 0.4) is 0 Å². The van der Waals surface area contributed by atoms with Crippen molar-refractivity contribution in [3.63, 3.8) is 0 Å². The third-order valence-electron chi connectivity index (χ3n) is 1.51. The Morgan fingerprint density at radius 2 is 1.86 bits per heavy atom. The van der Waals surface area contributed by atoms with E-state index in [2.05, 4.69) is 23.8 Å². The van der Waals surface area contributed by atoms with Crippen molar-refractivity contribution in [2.75, 3.05) is 5.73 Å². The van der Waals surface area contributed by atoms with Gasteiger partial charge in [0.25, 0.3) is 0 Å². The largest absolute Gasteiger partial charge is 0.384 e. The highest BCUT2D eigenvalue weighted by atomic mass is 14.9. The summed E-state index contributed by atoms with van der Waals surface area (Å²) in [5, 5.41) is 0. The number of nitrogens with zero attached hydrogens (tertiary/aromatic N) is 2. The highest BCUT2D eigenvalue weighted by molar-refractivity contribution is 5.29. The summed E-state index contributed by atoms with van der Waals surface area (Å²) in [5.74, 6) is 1.99. The van der Waals surface area contributed by atoms with Gasteiger partial charge in [-0.1, -0.05) is 27.7 Å². The second kappa shape index (κ2) is 6.35. The van der Waals surface area contributed by atoms with Crippen molar-refractivity contribution < 1.29 is 0 Å². The highest BCUT2D eigenvalue weighted by Gasteiger charge is 2.02. The van der Waals surface area contributed by atoms with Crippen LogP contribution in [0.1, 0.15) is 39.2 Å². The van der Waals surface area contributed by atoms with E-state index in [9.17, 15) is 0 Å². The molecule has 0 aliphatic carbocycles. The van der Waals surface area contributed by atoms with Crippen LogP contribution in [0.25, 0.3) is 0 Å². The minimum absolute atomic E-state index is 0.568. The van der Waals surface area contributed by atoms with Crippen LogP contribution >= 0.6 is 0 Å². The topological polar surface area (TPSA) is 51.8 Å². The lowest BCUT2D eigenvalue weighted by atomic mass is 10.1. The van der Waals surface area contributed by atoms with Crippen molar-refractivity contribution in [3.05, 3.63) is 17.6 Å². The van der Waals surface area contributed by atoms with Gasteiger partial charge in [0.15, 0.2) is 0 Å². The Bertz CT molecular complexity index is 249. The van der Waals surface area contributed by atoms with E-state index in [0.717, 1.165) is 17.9 Å². The summed E-state index contributed by atoms with van der Waals surface area (Å²) in [4.78, 5) is 8.42. The first-order chi connectivity index (χ1) is 6.58. The first-order valence-electron chi connectivity index (χ1n) is 5.18. The molecule has 1 aromatic rings. The summed E-state index contributed by atoms with van der Waals surface area (Å²) in [6, 6.07) is 1.78. The molecule has 0 atom stereocenters. The summed E-state index contributed by atoms with van der Waals surface area (Å²) in [5.41, 5.74) is 6.53. The molecule has 1 heterocycles. The number of nitrogen functional groups attached to an aromatic ring is 1. The fourth-order valence-corrected chi connectivity index (χ4v) is 1.11. The Morgan fingerprint density at radius 1 is 1.29 bits per heavy atom. The van der Waals surface area contributed by atoms with Gasteiger partial charge >= 0.3 is 0 Å². The molecular weight excluding hydrogens is 174 g/mol. The van der Waals surface area contributed by atoms with E-state index in [1.807, 2.05) is 20.8 Å². The molecule has 0 saturated heterocycles. The average molecular weight is 195 g/mol. The zero-order chi connectivity index (χ0) is 11.1. The van der Waals surface area contributed by atoms with Gasteiger partial charge in [0.05, 0.1) is 0 Å². The number of hydrogen-bond acceptors (Lipinski definition) is 3. The zero-order valence-corrected chi connectivity index (χ0v) is 9.83. The second-order valence-electron chi connectivity index (χ2n) is 3.45. The Kier molecular flexibility index (Phi) is 5.84. The smallest absolute Gasteiger partial charge is 0.131 e. The van der Waals surface area contributed by atoms with Gasteiger partial charge in [0.2, 0.25) is 0 Å². The number of anilines is 1. The van der Waals surface area contributed by atoms with Gasteiger partial charge in [-0.05, 0) is 12.8 Å². The Hall–Kier alpha value is -1.12. The molecule has 0 spiro atoms. The first-order valence-corrected chi connectivity index (χ1v) is 5.18. The molecule has 80 valence electrons. The van der Waals surface area contributed by atoms with E-state index in [-0.39, 0.29) is 0 Å². The number of hydrogen-bond donors (Lipinski definition) is 1. The molecule has 0 unspecified atom stereocenters. The zero-order valence-electron chi connectivity index (χ0n) is 9.83. The van der Waals surface area contributed by atoms with Crippen molar-refractivity contribution in [3.8, 4) is 0 Å². The molecule has 14 heavy (non-hydrogen) atoms. The molecule has 0 saturated carbocycles. The molecule has 3 heteroatoms. The van der Waals surface area contributed by atoms with Gasteiger partial charge in [0.1, 0.15) is 11.6 Å². The summed E-state index contributed by atoms with van der Waals surface area (Å²) in [7, 11) is 0. The maximum absolute atomic E-state index is 5.58. The monoisotopic (exact) mass is 195 g/mol. The average Bonchev–Trinajstić information content (AvgIpc) is 2.04. The standard InChI is InChI=1S/C9H15N3.C2H6/c1-6(2)4-9-11-7(3)5-8(10)12-9;1-2/h5-6H,4H2,1-3H3,(H2,10,11,12);1-2H3. The van der Waals surface area contributed by atoms with E-state index in [0.29, 0.717) is 11.7 Å². The van der Waals surface area contributed by atoms with Crippen molar-refractivity contribution >= 4 is 5.82 Å². The molecule has 2 N–H and O–H groups in total. The predicted octanol–water partition coefficient (Wildman–Crippen LogP) is 2.59. The van der Waals surface area contributed by atoms with Crippen LogP contribution in [-0.2, 0) is 6.42 Å². The van der Waals surface area contributed by atoms with Gasteiger partial charge in [-0.2, -0.15) is 0 Å². The fraction of sp³-hybridized carbons (Fsp3) is 0.636. The van der Waals surface area contributed by atoms with Crippen molar-refractivity contribution in [1.29, 1.82) is 0 Å². The normalized spacial score (nSPS) is 9.57. The van der Waals surface area contributed by atoms with Gasteiger partial charge < -0.3 is 5.73 Å². The van der Waals surface area contributed by atoms with Crippen LogP contribution in [0.5, 0.6) is 0 Å². The lowest BCUT2D eigenvalue weighted by Gasteiger charge is -2.04. The van der Waals surface area contributed by atoms with Crippen LogP contribution in [0, 0.1) is 12.8 Å². The lowest BCUT2D eigenvalue weighted by molar-refractivity contribution is 0.620. The number of aryl methyl sites for hydroxylation is 1. The van der Waals surface area contributed by atoms with Crippen LogP contribution in [0.4, 0.5) is 5.82 Å². The summed E-state index contributed by atoms with van der Waals surface area (Å²) in [6.45, 7) is 10.2. The van der Waals surface area contributed by atoms with Crippen molar-refractivity contribution in [2.24, 2.45) is 5.92 Å². The molecule has 0 bridgehead atoms. The molecule has 0 aliphatic rings. The SMILES string of the molecule is CC.Cc1cc(N)nc(CC(C)C)n1. The molecule has 1 rings (SSSR count). The third-order valence-corrected chi connectivity index (χ3v) is 1.51. The summed E-state index contributed by atoms with van der Waals surface area (Å²) in [6.07, 6.45) is 0.895. The van der Waals surface area contributed by atoms with Gasteiger partial charge in [-0.25, -0.2) is 9.97 Å². The van der Waals surface area contributed by atoms with Crippen LogP contribution < -0.4 is 5.73 Å². The molecule has 3 nitrogen and oxygen atoms in total. The lowest BCUT2D eigenvalue weighted by Crippen LogP contribution is -2.04. The van der Waals surface area contributed by atoms with Gasteiger partial charge in [-0.3, -0.25) is 0 Å². The fourth-order valence-electron chi connectivity index (χ4n) is 1.11. The van der Waals surface area contributed by atoms with Gasteiger partial charge in [-0.15, -0.1) is 0 Å². The summed E-state index contributed by atoms with van der Waals surface area (Å²) >= 11 is 0. The van der Waals surface area contributed by atoms with Crippen LogP contribution in [0.2, 0.25) is 0 Å². The Labute approximate surface area is 86.8 Å². The molecule has 0 amide bonds. The third kappa shape index (κ3) is 4.80. The molecule has 0 fully saturated rings. The molecule has 1 aromatic heterocycles. The number of aromatic nitrogens is 2. The highest BCUT2D eigenvalue weighted by Crippen LogP contribution is 2.06. The maximum Gasteiger partial charge on any atom is 0.131 e. The number of nitrogens with two attached hydrogens (primary N) is 1. The van der Waals surface area contributed by atoms with Crippen LogP contribution in [-0.4, -0.2) is 9.97 Å². The van der Waals surface area contributed by atoms with Crippen LogP contribution in [0.15, 0.2) is 6.07 Å². The summed E-state index contributed by atoms with van der Waals surface area (Å²) < 4.78 is 0. The minimum atomic E-state index is 0.568. The van der Waals surface area contributed by atoms with E-state index in [4.69, 9.17) is 5.73 Å². The Morgan fingerprint density at radius 3 is 2.29 bits per heavy atom. The van der Waals surface area contributed by atoms with E-state index in [1.165, 1.54) is 0 Å². The molecule has 0 aliphatic heterocycles. The van der Waals surface area contributed by atoms with Crippen molar-refractivity contribution in [1.82, 2.24) is 9.97 Å². The molecule has 0 aromatic carbocycles. The Balaban J connectivity index is 0.000000791. The molecular formula is C11H21N3. The van der Waals surface area contributed by atoms with E-state index >= 15 is 0 Å². The molecule has 0 radical (unpaired) electrons. The van der Waals surface area contributed by atoms with Gasteiger partial charge in [0, 0.05) is 18.2 Å². The second-order valence-corrected chi connectivity index (χ2v) is 3.45. The minimum Gasteiger partial charge on any atom is -0.384 e. The predicted molar refractivity (Wildman–Crippen MR) is 61.1 cm³/mol. The maximum atomic E-state index is 5.58. The first kappa shape index (κ1) is 12.9. The quantitative estimate of drug-likeness (QED) is 0.789. The number of rotatable bonds is 2.